The summed E-state index contributed by atoms with van der Waals surface area (Å²) in [6.07, 6.45) is 1.41. The van der Waals surface area contributed by atoms with E-state index < -0.39 is 5.79 Å². The Balaban J connectivity index is 2.06. The number of amides is 1. The smallest absolute Gasteiger partial charge is 0.254 e. The third-order valence-electron chi connectivity index (χ3n) is 3.93. The van der Waals surface area contributed by atoms with Crippen LogP contribution in [0.25, 0.3) is 0 Å². The molecule has 1 fully saturated rings. The third kappa shape index (κ3) is 2.80. The van der Waals surface area contributed by atoms with E-state index in [1.54, 1.807) is 14.2 Å². The summed E-state index contributed by atoms with van der Waals surface area (Å²) in [4.78, 5) is 14.3. The first-order valence-corrected chi connectivity index (χ1v) is 6.57. The Bertz CT molecular complexity index is 444. The van der Waals surface area contributed by atoms with Gasteiger partial charge >= 0.3 is 0 Å². The largest absolute Gasteiger partial charge is 0.353 e. The molecular formula is C15H21NO3. The van der Waals surface area contributed by atoms with Crippen molar-refractivity contribution < 1.29 is 14.3 Å². The second-order valence-electron chi connectivity index (χ2n) is 4.93. The summed E-state index contributed by atoms with van der Waals surface area (Å²) in [5.41, 5.74) is 1.80. The summed E-state index contributed by atoms with van der Waals surface area (Å²) in [7, 11) is 3.31. The number of carbonyl (C=O) groups excluding carboxylic acids is 1. The number of likely N-dealkylation sites (tertiary alicyclic amines) is 1. The van der Waals surface area contributed by atoms with Gasteiger partial charge in [-0.2, -0.15) is 0 Å². The van der Waals surface area contributed by atoms with Crippen molar-refractivity contribution in [2.75, 3.05) is 27.3 Å². The lowest BCUT2D eigenvalue weighted by atomic mass is 10.0. The van der Waals surface area contributed by atoms with Crippen LogP contribution < -0.4 is 0 Å². The fourth-order valence-corrected chi connectivity index (χ4v) is 2.53. The minimum absolute atomic E-state index is 0.0962. The minimum atomic E-state index is -0.525. The zero-order valence-corrected chi connectivity index (χ0v) is 11.8. The van der Waals surface area contributed by atoms with E-state index in [1.165, 1.54) is 0 Å². The van der Waals surface area contributed by atoms with Gasteiger partial charge in [-0.05, 0) is 18.6 Å². The van der Waals surface area contributed by atoms with E-state index in [-0.39, 0.29) is 5.91 Å². The van der Waals surface area contributed by atoms with E-state index in [0.717, 1.165) is 11.1 Å². The molecule has 1 aliphatic heterocycles. The minimum Gasteiger partial charge on any atom is -0.353 e. The molecule has 1 saturated heterocycles. The number of benzene rings is 1. The Morgan fingerprint density at radius 2 is 1.74 bits per heavy atom. The molecule has 1 amide bonds. The maximum Gasteiger partial charge on any atom is 0.254 e. The molecule has 0 bridgehead atoms. The van der Waals surface area contributed by atoms with Crippen LogP contribution in [0.3, 0.4) is 0 Å². The van der Waals surface area contributed by atoms with Gasteiger partial charge in [0.1, 0.15) is 0 Å². The first-order valence-electron chi connectivity index (χ1n) is 6.57. The van der Waals surface area contributed by atoms with Crippen LogP contribution in [0.5, 0.6) is 0 Å². The average molecular weight is 263 g/mol. The van der Waals surface area contributed by atoms with E-state index >= 15 is 0 Å². The van der Waals surface area contributed by atoms with E-state index in [9.17, 15) is 4.79 Å². The van der Waals surface area contributed by atoms with E-state index in [2.05, 4.69) is 0 Å². The van der Waals surface area contributed by atoms with Crippen molar-refractivity contribution in [2.45, 2.75) is 25.6 Å². The molecule has 0 N–H and O–H groups in total. The third-order valence-corrected chi connectivity index (χ3v) is 3.93. The molecule has 1 aromatic carbocycles. The Morgan fingerprint density at radius 1 is 1.16 bits per heavy atom. The fourth-order valence-electron chi connectivity index (χ4n) is 2.53. The molecule has 2 rings (SSSR count). The second kappa shape index (κ2) is 5.72. The monoisotopic (exact) mass is 263 g/mol. The van der Waals surface area contributed by atoms with Gasteiger partial charge in [-0.25, -0.2) is 0 Å². The SMILES string of the molecule is COC1(OC)CCN(C(=O)c2ccccc2C)CC1. The number of methoxy groups -OCH3 is 2. The molecule has 1 aromatic rings. The molecule has 0 aromatic heterocycles. The summed E-state index contributed by atoms with van der Waals surface area (Å²) >= 11 is 0. The van der Waals surface area contributed by atoms with Crippen LogP contribution in [0.2, 0.25) is 0 Å². The van der Waals surface area contributed by atoms with E-state index in [4.69, 9.17) is 9.47 Å². The number of hydrogen-bond donors (Lipinski definition) is 0. The lowest BCUT2D eigenvalue weighted by molar-refractivity contribution is -0.226. The normalized spacial score (nSPS) is 18.4. The highest BCUT2D eigenvalue weighted by Gasteiger charge is 2.36. The van der Waals surface area contributed by atoms with Crippen LogP contribution in [0.1, 0.15) is 28.8 Å². The summed E-state index contributed by atoms with van der Waals surface area (Å²) < 4.78 is 10.9. The molecule has 4 heteroatoms. The van der Waals surface area contributed by atoms with Gasteiger partial charge in [0.2, 0.25) is 0 Å². The van der Waals surface area contributed by atoms with Gasteiger partial charge in [-0.3, -0.25) is 4.79 Å². The van der Waals surface area contributed by atoms with Gasteiger partial charge in [-0.15, -0.1) is 0 Å². The van der Waals surface area contributed by atoms with Crippen molar-refractivity contribution >= 4 is 5.91 Å². The molecule has 104 valence electrons. The van der Waals surface area contributed by atoms with Crippen LogP contribution in [-0.4, -0.2) is 43.9 Å². The van der Waals surface area contributed by atoms with Gasteiger partial charge in [0.05, 0.1) is 0 Å². The first-order chi connectivity index (χ1) is 9.12. The number of nitrogens with zero attached hydrogens (tertiary/aromatic N) is 1. The lowest BCUT2D eigenvalue weighted by Gasteiger charge is -2.39. The lowest BCUT2D eigenvalue weighted by Crippen LogP contribution is -2.48. The van der Waals surface area contributed by atoms with Crippen LogP contribution >= 0.6 is 0 Å². The predicted molar refractivity (Wildman–Crippen MR) is 73.1 cm³/mol. The van der Waals surface area contributed by atoms with Crippen molar-refractivity contribution in [3.63, 3.8) is 0 Å². The molecule has 4 nitrogen and oxygen atoms in total. The van der Waals surface area contributed by atoms with Crippen molar-refractivity contribution in [1.82, 2.24) is 4.90 Å². The highest BCUT2D eigenvalue weighted by Crippen LogP contribution is 2.27. The highest BCUT2D eigenvalue weighted by atomic mass is 16.7. The van der Waals surface area contributed by atoms with E-state index in [1.807, 2.05) is 36.1 Å². The summed E-state index contributed by atoms with van der Waals surface area (Å²) in [5.74, 6) is -0.429. The van der Waals surface area contributed by atoms with Crippen LogP contribution in [-0.2, 0) is 9.47 Å². The molecule has 0 aliphatic carbocycles. The topological polar surface area (TPSA) is 38.8 Å². The first kappa shape index (κ1) is 14.0. The maximum atomic E-state index is 12.5. The van der Waals surface area contributed by atoms with Gasteiger partial charge in [0.25, 0.3) is 5.91 Å². The summed E-state index contributed by atoms with van der Waals surface area (Å²) in [6, 6.07) is 7.69. The standard InChI is InChI=1S/C15H21NO3/c1-12-6-4-5-7-13(12)14(17)16-10-8-15(18-2,19-3)9-11-16/h4-7H,8-11H2,1-3H3. The number of hydrogen-bond acceptors (Lipinski definition) is 3. The highest BCUT2D eigenvalue weighted by molar-refractivity contribution is 5.95. The zero-order valence-electron chi connectivity index (χ0n) is 11.8. The molecule has 0 saturated carbocycles. The van der Waals surface area contributed by atoms with Gasteiger partial charge < -0.3 is 14.4 Å². The summed E-state index contributed by atoms with van der Waals surface area (Å²) in [6.45, 7) is 3.29. The quantitative estimate of drug-likeness (QED) is 0.785. The number of aryl methyl sites for hydroxylation is 1. The number of piperidine rings is 1. The zero-order chi connectivity index (χ0) is 13.9. The molecule has 19 heavy (non-hydrogen) atoms. The fraction of sp³-hybridized carbons (Fsp3) is 0.533. The van der Waals surface area contributed by atoms with Gasteiger partial charge in [0.15, 0.2) is 5.79 Å². The Labute approximate surface area is 114 Å². The van der Waals surface area contributed by atoms with Crippen LogP contribution in [0, 0.1) is 6.92 Å². The molecule has 0 unspecified atom stereocenters. The van der Waals surface area contributed by atoms with Crippen molar-refractivity contribution in [1.29, 1.82) is 0 Å². The maximum absolute atomic E-state index is 12.5. The molecule has 0 spiro atoms. The van der Waals surface area contributed by atoms with Crippen LogP contribution in [0.15, 0.2) is 24.3 Å². The Hall–Kier alpha value is -1.39. The van der Waals surface area contributed by atoms with Crippen molar-refractivity contribution in [3.05, 3.63) is 35.4 Å². The predicted octanol–water partition coefficient (Wildman–Crippen LogP) is 2.22. The number of rotatable bonds is 3. The molecular weight excluding hydrogens is 242 g/mol. The molecule has 1 aliphatic rings. The van der Waals surface area contributed by atoms with Crippen LogP contribution in [0.4, 0.5) is 0 Å². The van der Waals surface area contributed by atoms with Gasteiger partial charge in [0, 0.05) is 45.7 Å². The van der Waals surface area contributed by atoms with E-state index in [0.29, 0.717) is 25.9 Å². The Kier molecular flexibility index (Phi) is 4.22. The number of carbonyl (C=O) groups is 1. The summed E-state index contributed by atoms with van der Waals surface area (Å²) in [5, 5.41) is 0. The van der Waals surface area contributed by atoms with Crippen molar-refractivity contribution in [2.24, 2.45) is 0 Å². The Morgan fingerprint density at radius 3 is 2.26 bits per heavy atom. The molecule has 1 heterocycles. The second-order valence-corrected chi connectivity index (χ2v) is 4.93. The molecule has 0 atom stereocenters. The molecule has 0 radical (unpaired) electrons. The number of ether oxygens (including phenoxy) is 2. The average Bonchev–Trinajstić information content (AvgIpc) is 2.47. The van der Waals surface area contributed by atoms with Crippen molar-refractivity contribution in [3.8, 4) is 0 Å². The van der Waals surface area contributed by atoms with Gasteiger partial charge in [-0.1, -0.05) is 18.2 Å².